The molecule has 0 amide bonds. The first-order valence-electron chi connectivity index (χ1n) is 3.34. The molecule has 66 valence electrons. The highest BCUT2D eigenvalue weighted by molar-refractivity contribution is 5.38. The Morgan fingerprint density at radius 1 is 1.42 bits per heavy atom. The van der Waals surface area contributed by atoms with E-state index in [1.807, 2.05) is 0 Å². The summed E-state index contributed by atoms with van der Waals surface area (Å²) >= 11 is 0. The zero-order chi connectivity index (χ0) is 9.14. The molecule has 0 aliphatic carbocycles. The first-order valence-corrected chi connectivity index (χ1v) is 3.34. The van der Waals surface area contributed by atoms with Crippen LogP contribution in [0.2, 0.25) is 0 Å². The SMILES string of the molecule is Cc1cc(OC(F)F)ccc1O. The Balaban J connectivity index is 2.82. The van der Waals surface area contributed by atoms with Crippen molar-refractivity contribution in [2.75, 3.05) is 0 Å². The molecule has 0 bridgehead atoms. The Hall–Kier alpha value is -1.32. The van der Waals surface area contributed by atoms with Crippen LogP contribution in [0.15, 0.2) is 18.2 Å². The van der Waals surface area contributed by atoms with Crippen LogP contribution in [0.3, 0.4) is 0 Å². The second-order valence-electron chi connectivity index (χ2n) is 2.33. The molecule has 0 fully saturated rings. The molecule has 0 aromatic heterocycles. The van der Waals surface area contributed by atoms with E-state index >= 15 is 0 Å². The summed E-state index contributed by atoms with van der Waals surface area (Å²) in [5.74, 6) is 0.122. The number of aromatic hydroxyl groups is 1. The topological polar surface area (TPSA) is 29.5 Å². The van der Waals surface area contributed by atoms with E-state index in [1.165, 1.54) is 18.2 Å². The lowest BCUT2D eigenvalue weighted by molar-refractivity contribution is -0.0499. The number of phenolic OH excluding ortho intramolecular Hbond substituents is 1. The van der Waals surface area contributed by atoms with Gasteiger partial charge in [-0.1, -0.05) is 0 Å². The zero-order valence-corrected chi connectivity index (χ0v) is 6.42. The summed E-state index contributed by atoms with van der Waals surface area (Å²) in [7, 11) is 0. The number of halogens is 2. The molecule has 0 aliphatic rings. The summed E-state index contributed by atoms with van der Waals surface area (Å²) < 4.78 is 27.4. The van der Waals surface area contributed by atoms with Gasteiger partial charge in [0.2, 0.25) is 0 Å². The van der Waals surface area contributed by atoms with Crippen molar-refractivity contribution in [3.63, 3.8) is 0 Å². The maximum Gasteiger partial charge on any atom is 0.387 e. The van der Waals surface area contributed by atoms with Gasteiger partial charge in [0, 0.05) is 0 Å². The number of phenols is 1. The van der Waals surface area contributed by atoms with Crippen LogP contribution in [-0.2, 0) is 0 Å². The van der Waals surface area contributed by atoms with Gasteiger partial charge in [-0.2, -0.15) is 8.78 Å². The smallest absolute Gasteiger partial charge is 0.387 e. The number of rotatable bonds is 2. The highest BCUT2D eigenvalue weighted by Gasteiger charge is 2.04. The molecule has 1 N–H and O–H groups in total. The summed E-state index contributed by atoms with van der Waals surface area (Å²) in [6, 6.07) is 3.95. The second-order valence-corrected chi connectivity index (χ2v) is 2.33. The number of hydrogen-bond donors (Lipinski definition) is 1. The molecule has 0 aliphatic heterocycles. The fraction of sp³-hybridized carbons (Fsp3) is 0.250. The predicted molar refractivity (Wildman–Crippen MR) is 39.5 cm³/mol. The molecule has 0 heterocycles. The lowest BCUT2D eigenvalue weighted by atomic mass is 10.2. The number of hydrogen-bond acceptors (Lipinski definition) is 2. The van der Waals surface area contributed by atoms with Gasteiger partial charge in [0.25, 0.3) is 0 Å². The maximum atomic E-state index is 11.7. The van der Waals surface area contributed by atoms with Gasteiger partial charge in [-0.15, -0.1) is 0 Å². The van der Waals surface area contributed by atoms with E-state index in [0.717, 1.165) is 0 Å². The highest BCUT2D eigenvalue weighted by Crippen LogP contribution is 2.22. The average molecular weight is 174 g/mol. The van der Waals surface area contributed by atoms with E-state index < -0.39 is 6.61 Å². The monoisotopic (exact) mass is 174 g/mol. The molecule has 0 atom stereocenters. The van der Waals surface area contributed by atoms with Crippen LogP contribution >= 0.6 is 0 Å². The van der Waals surface area contributed by atoms with Crippen LogP contribution in [-0.4, -0.2) is 11.7 Å². The minimum Gasteiger partial charge on any atom is -0.508 e. The number of benzene rings is 1. The van der Waals surface area contributed by atoms with Crippen molar-refractivity contribution in [1.82, 2.24) is 0 Å². The van der Waals surface area contributed by atoms with Gasteiger partial charge in [0.1, 0.15) is 11.5 Å². The highest BCUT2D eigenvalue weighted by atomic mass is 19.3. The first-order chi connectivity index (χ1) is 5.59. The van der Waals surface area contributed by atoms with Crippen LogP contribution in [0.4, 0.5) is 8.78 Å². The van der Waals surface area contributed by atoms with Gasteiger partial charge in [-0.05, 0) is 30.7 Å². The quantitative estimate of drug-likeness (QED) is 0.745. The molecule has 1 aromatic rings. The van der Waals surface area contributed by atoms with Crippen LogP contribution in [0.1, 0.15) is 5.56 Å². The Morgan fingerprint density at radius 2 is 2.08 bits per heavy atom. The lowest BCUT2D eigenvalue weighted by Crippen LogP contribution is -2.01. The van der Waals surface area contributed by atoms with Crippen molar-refractivity contribution in [3.05, 3.63) is 23.8 Å². The molecule has 1 rings (SSSR count). The Bertz CT molecular complexity index is 274. The van der Waals surface area contributed by atoms with Crippen molar-refractivity contribution in [2.45, 2.75) is 13.5 Å². The largest absolute Gasteiger partial charge is 0.508 e. The molecule has 0 saturated carbocycles. The molecular weight excluding hydrogens is 166 g/mol. The van der Waals surface area contributed by atoms with Crippen LogP contribution < -0.4 is 4.74 Å². The second kappa shape index (κ2) is 3.38. The number of alkyl halides is 2. The first kappa shape index (κ1) is 8.77. The van der Waals surface area contributed by atoms with E-state index in [2.05, 4.69) is 4.74 Å². The summed E-state index contributed by atoms with van der Waals surface area (Å²) in [5.41, 5.74) is 0.508. The van der Waals surface area contributed by atoms with Crippen LogP contribution in [0.25, 0.3) is 0 Å². The zero-order valence-electron chi connectivity index (χ0n) is 6.42. The molecule has 0 spiro atoms. The normalized spacial score (nSPS) is 10.3. The Morgan fingerprint density at radius 3 is 2.58 bits per heavy atom. The molecular formula is C8H8F2O2. The van der Waals surface area contributed by atoms with E-state index in [1.54, 1.807) is 6.92 Å². The third-order valence-electron chi connectivity index (χ3n) is 1.39. The fourth-order valence-electron chi connectivity index (χ4n) is 0.804. The molecule has 4 heteroatoms. The van der Waals surface area contributed by atoms with Crippen LogP contribution in [0, 0.1) is 6.92 Å². The van der Waals surface area contributed by atoms with Crippen molar-refractivity contribution < 1.29 is 18.6 Å². The van der Waals surface area contributed by atoms with Gasteiger partial charge >= 0.3 is 6.61 Å². The number of ether oxygens (including phenoxy) is 1. The molecule has 0 radical (unpaired) electrons. The predicted octanol–water partition coefficient (Wildman–Crippen LogP) is 2.30. The van der Waals surface area contributed by atoms with Gasteiger partial charge in [-0.3, -0.25) is 0 Å². The molecule has 2 nitrogen and oxygen atoms in total. The minimum atomic E-state index is -2.83. The van der Waals surface area contributed by atoms with Gasteiger partial charge < -0.3 is 9.84 Å². The third kappa shape index (κ3) is 2.08. The number of aryl methyl sites for hydroxylation is 1. The lowest BCUT2D eigenvalue weighted by Gasteiger charge is -2.05. The van der Waals surface area contributed by atoms with Crippen molar-refractivity contribution in [2.24, 2.45) is 0 Å². The minimum absolute atomic E-state index is 0.0558. The third-order valence-corrected chi connectivity index (χ3v) is 1.39. The summed E-state index contributed by atoms with van der Waals surface area (Å²) in [4.78, 5) is 0. The van der Waals surface area contributed by atoms with Gasteiger partial charge in [0.15, 0.2) is 0 Å². The van der Waals surface area contributed by atoms with E-state index in [0.29, 0.717) is 5.56 Å². The standard InChI is InChI=1S/C8H8F2O2/c1-5-4-6(12-8(9)10)2-3-7(5)11/h2-4,8,11H,1H3. The molecule has 0 saturated heterocycles. The molecule has 12 heavy (non-hydrogen) atoms. The van der Waals surface area contributed by atoms with E-state index in [9.17, 15) is 8.78 Å². The van der Waals surface area contributed by atoms with Crippen LogP contribution in [0.5, 0.6) is 11.5 Å². The van der Waals surface area contributed by atoms with E-state index in [4.69, 9.17) is 5.11 Å². The molecule has 0 unspecified atom stereocenters. The van der Waals surface area contributed by atoms with Crippen molar-refractivity contribution in [3.8, 4) is 11.5 Å². The van der Waals surface area contributed by atoms with Gasteiger partial charge in [-0.25, -0.2) is 0 Å². The fourth-order valence-corrected chi connectivity index (χ4v) is 0.804. The van der Waals surface area contributed by atoms with Crippen molar-refractivity contribution in [1.29, 1.82) is 0 Å². The van der Waals surface area contributed by atoms with E-state index in [-0.39, 0.29) is 11.5 Å². The Kier molecular flexibility index (Phi) is 2.47. The summed E-state index contributed by atoms with van der Waals surface area (Å²) in [6.45, 7) is -1.22. The Labute approximate surface area is 68.4 Å². The summed E-state index contributed by atoms with van der Waals surface area (Å²) in [6.07, 6.45) is 0. The average Bonchev–Trinajstić information content (AvgIpc) is 1.96. The summed E-state index contributed by atoms with van der Waals surface area (Å²) in [5, 5.41) is 9.03. The molecule has 1 aromatic carbocycles. The van der Waals surface area contributed by atoms with Gasteiger partial charge in [0.05, 0.1) is 0 Å². The van der Waals surface area contributed by atoms with Crippen molar-refractivity contribution >= 4 is 0 Å². The maximum absolute atomic E-state index is 11.7.